The summed E-state index contributed by atoms with van der Waals surface area (Å²) in [7, 11) is 0. The first-order valence-corrected chi connectivity index (χ1v) is 8.41. The fourth-order valence-electron chi connectivity index (χ4n) is 2.96. The number of likely N-dealkylation sites (tertiary alicyclic amines) is 1. The Morgan fingerprint density at radius 2 is 1.92 bits per heavy atom. The number of aromatic nitrogens is 1. The summed E-state index contributed by atoms with van der Waals surface area (Å²) in [6.07, 6.45) is 0.704. The Hall–Kier alpha value is -2.70. The van der Waals surface area contributed by atoms with Crippen LogP contribution in [0.25, 0.3) is 5.76 Å². The van der Waals surface area contributed by atoms with E-state index < -0.39 is 23.8 Å². The quantitative estimate of drug-likeness (QED) is 0.489. The van der Waals surface area contributed by atoms with E-state index in [1.807, 2.05) is 0 Å². The Morgan fingerprint density at radius 1 is 1.23 bits per heavy atom. The fraction of sp³-hybridized carbons (Fsp3) is 0.211. The van der Waals surface area contributed by atoms with Gasteiger partial charge in [0, 0.05) is 23.3 Å². The first kappa shape index (κ1) is 18.1. The van der Waals surface area contributed by atoms with Crippen molar-refractivity contribution in [1.82, 2.24) is 9.88 Å². The van der Waals surface area contributed by atoms with Gasteiger partial charge in [-0.25, -0.2) is 0 Å². The van der Waals surface area contributed by atoms with Gasteiger partial charge in [-0.05, 0) is 43.3 Å². The highest BCUT2D eigenvalue weighted by Gasteiger charge is 2.46. The highest BCUT2D eigenvalue weighted by atomic mass is 35.5. The zero-order valence-corrected chi connectivity index (χ0v) is 14.7. The second-order valence-corrected chi connectivity index (χ2v) is 6.50. The number of rotatable bonds is 4. The molecule has 0 saturated carbocycles. The molecule has 1 saturated heterocycles. The summed E-state index contributed by atoms with van der Waals surface area (Å²) in [5.41, 5.74) is 0.741. The summed E-state index contributed by atoms with van der Waals surface area (Å²) >= 11 is 5.87. The van der Waals surface area contributed by atoms with Crippen LogP contribution in [0.2, 0.25) is 5.02 Å². The maximum absolute atomic E-state index is 12.6. The zero-order chi connectivity index (χ0) is 18.8. The molecule has 1 amide bonds. The molecule has 1 aromatic carbocycles. The molecule has 2 N–H and O–H groups in total. The highest BCUT2D eigenvalue weighted by Crippen LogP contribution is 2.38. The molecule has 1 aromatic heterocycles. The van der Waals surface area contributed by atoms with Gasteiger partial charge in [0.15, 0.2) is 0 Å². The molecule has 2 aromatic rings. The Labute approximate surface area is 155 Å². The minimum atomic E-state index is -0.874. The van der Waals surface area contributed by atoms with Gasteiger partial charge in [-0.1, -0.05) is 17.7 Å². The maximum Gasteiger partial charge on any atom is 0.295 e. The molecule has 2 heterocycles. The lowest BCUT2D eigenvalue weighted by Gasteiger charge is -2.25. The van der Waals surface area contributed by atoms with Gasteiger partial charge in [0.05, 0.1) is 17.4 Å². The van der Waals surface area contributed by atoms with Crippen molar-refractivity contribution in [1.29, 1.82) is 0 Å². The SMILES string of the molecule is C[C@@H](O)CN1C(=O)C(=O)C(=C(O)c2ccc(Cl)cc2)[C@H]1c1ccccn1. The monoisotopic (exact) mass is 372 g/mol. The van der Waals surface area contributed by atoms with Gasteiger partial charge in [-0.3, -0.25) is 14.6 Å². The Bertz CT molecular complexity index is 863. The molecule has 0 radical (unpaired) electrons. The Morgan fingerprint density at radius 3 is 2.50 bits per heavy atom. The topological polar surface area (TPSA) is 90.7 Å². The third-order valence-corrected chi connectivity index (χ3v) is 4.34. The van der Waals surface area contributed by atoms with Crippen LogP contribution in [-0.2, 0) is 9.59 Å². The summed E-state index contributed by atoms with van der Waals surface area (Å²) in [6.45, 7) is 1.47. The molecular formula is C19H17ClN2O4. The second kappa shape index (κ2) is 7.27. The number of Topliss-reactive ketones (excluding diaryl/α,β-unsaturated/α-hetero) is 1. The third kappa shape index (κ3) is 3.34. The van der Waals surface area contributed by atoms with Crippen LogP contribution in [-0.4, -0.2) is 44.4 Å². The number of aliphatic hydroxyl groups is 2. The van der Waals surface area contributed by atoms with Crippen LogP contribution in [0.5, 0.6) is 0 Å². The highest BCUT2D eigenvalue weighted by molar-refractivity contribution is 6.46. The van der Waals surface area contributed by atoms with Gasteiger partial charge in [-0.15, -0.1) is 0 Å². The number of aliphatic hydroxyl groups excluding tert-OH is 2. The normalized spacial score (nSPS) is 20.4. The lowest BCUT2D eigenvalue weighted by molar-refractivity contribution is -0.140. The molecule has 1 aliphatic rings. The van der Waals surface area contributed by atoms with Crippen molar-refractivity contribution in [3.63, 3.8) is 0 Å². The summed E-state index contributed by atoms with van der Waals surface area (Å²) in [5.74, 6) is -1.89. The number of hydrogen-bond donors (Lipinski definition) is 2. The van der Waals surface area contributed by atoms with Gasteiger partial charge in [-0.2, -0.15) is 0 Å². The Kier molecular flexibility index (Phi) is 5.06. The summed E-state index contributed by atoms with van der Waals surface area (Å²) < 4.78 is 0. The molecule has 0 bridgehead atoms. The van der Waals surface area contributed by atoms with Crippen LogP contribution in [0.3, 0.4) is 0 Å². The number of hydrogen-bond acceptors (Lipinski definition) is 5. The predicted molar refractivity (Wildman–Crippen MR) is 96.4 cm³/mol. The number of amides is 1. The summed E-state index contributed by atoms with van der Waals surface area (Å²) in [4.78, 5) is 30.6. The first-order chi connectivity index (χ1) is 12.4. The number of halogens is 1. The smallest absolute Gasteiger partial charge is 0.295 e. The summed E-state index contributed by atoms with van der Waals surface area (Å²) in [5, 5.41) is 20.9. The molecule has 1 fully saturated rings. The van der Waals surface area contributed by atoms with Crippen LogP contribution < -0.4 is 0 Å². The van der Waals surface area contributed by atoms with E-state index >= 15 is 0 Å². The molecule has 6 nitrogen and oxygen atoms in total. The standard InChI is InChI=1S/C19H17ClN2O4/c1-11(23)10-22-16(14-4-2-3-9-21-14)15(18(25)19(22)26)17(24)12-5-7-13(20)8-6-12/h2-9,11,16,23-24H,10H2,1H3/t11-,16-/m1/s1. The van der Waals surface area contributed by atoms with E-state index in [9.17, 15) is 19.8 Å². The van der Waals surface area contributed by atoms with E-state index in [0.717, 1.165) is 0 Å². The molecule has 1 aliphatic heterocycles. The largest absolute Gasteiger partial charge is 0.507 e. The van der Waals surface area contributed by atoms with E-state index in [-0.39, 0.29) is 17.9 Å². The Balaban J connectivity index is 2.17. The van der Waals surface area contributed by atoms with Gasteiger partial charge >= 0.3 is 0 Å². The molecule has 26 heavy (non-hydrogen) atoms. The lowest BCUT2D eigenvalue weighted by Crippen LogP contribution is -2.35. The van der Waals surface area contributed by atoms with Crippen molar-refractivity contribution in [3.05, 3.63) is 70.5 Å². The molecule has 0 spiro atoms. The summed E-state index contributed by atoms with van der Waals surface area (Å²) in [6, 6.07) is 10.5. The first-order valence-electron chi connectivity index (χ1n) is 8.03. The van der Waals surface area contributed by atoms with Crippen molar-refractivity contribution in [2.75, 3.05) is 6.54 Å². The average Bonchev–Trinajstić information content (AvgIpc) is 2.87. The van der Waals surface area contributed by atoms with Crippen molar-refractivity contribution < 1.29 is 19.8 Å². The molecular weight excluding hydrogens is 356 g/mol. The van der Waals surface area contributed by atoms with Crippen LogP contribution in [0.4, 0.5) is 0 Å². The van der Waals surface area contributed by atoms with Crippen molar-refractivity contribution in [3.8, 4) is 0 Å². The molecule has 3 rings (SSSR count). The molecule has 0 aliphatic carbocycles. The number of carbonyl (C=O) groups is 2. The minimum Gasteiger partial charge on any atom is -0.507 e. The van der Waals surface area contributed by atoms with Crippen LogP contribution >= 0.6 is 11.6 Å². The van der Waals surface area contributed by atoms with Crippen molar-refractivity contribution in [2.24, 2.45) is 0 Å². The number of ketones is 1. The predicted octanol–water partition coefficient (Wildman–Crippen LogP) is 2.54. The molecule has 7 heteroatoms. The van der Waals surface area contributed by atoms with Crippen molar-refractivity contribution >= 4 is 29.1 Å². The van der Waals surface area contributed by atoms with E-state index in [1.165, 1.54) is 11.8 Å². The van der Waals surface area contributed by atoms with Crippen LogP contribution in [0.15, 0.2) is 54.2 Å². The van der Waals surface area contributed by atoms with Crippen LogP contribution in [0, 0.1) is 0 Å². The lowest BCUT2D eigenvalue weighted by atomic mass is 9.98. The molecule has 0 unspecified atom stereocenters. The van der Waals surface area contributed by atoms with E-state index in [2.05, 4.69) is 4.98 Å². The van der Waals surface area contributed by atoms with Gasteiger partial charge in [0.25, 0.3) is 11.7 Å². The van der Waals surface area contributed by atoms with Gasteiger partial charge in [0.2, 0.25) is 0 Å². The molecule has 134 valence electrons. The number of pyridine rings is 1. The number of β-amino-alcohol motifs (C(OH)–C–C–N with tert-alkyl or cyclic N) is 1. The van der Waals surface area contributed by atoms with Gasteiger partial charge < -0.3 is 15.1 Å². The number of nitrogens with zero attached hydrogens (tertiary/aromatic N) is 2. The third-order valence-electron chi connectivity index (χ3n) is 4.09. The van der Waals surface area contributed by atoms with E-state index in [0.29, 0.717) is 16.3 Å². The number of carbonyl (C=O) groups excluding carboxylic acids is 2. The minimum absolute atomic E-state index is 0.0524. The average molecular weight is 373 g/mol. The van der Waals surface area contributed by atoms with Crippen molar-refractivity contribution in [2.45, 2.75) is 19.1 Å². The maximum atomic E-state index is 12.6. The van der Waals surface area contributed by atoms with E-state index in [1.54, 1.807) is 48.7 Å². The number of benzene rings is 1. The second-order valence-electron chi connectivity index (χ2n) is 6.06. The van der Waals surface area contributed by atoms with E-state index in [4.69, 9.17) is 11.6 Å². The van der Waals surface area contributed by atoms with Crippen LogP contribution in [0.1, 0.15) is 24.2 Å². The zero-order valence-electron chi connectivity index (χ0n) is 14.0. The molecule has 2 atom stereocenters. The fourth-order valence-corrected chi connectivity index (χ4v) is 3.09. The van der Waals surface area contributed by atoms with Gasteiger partial charge in [0.1, 0.15) is 11.8 Å².